The van der Waals surface area contributed by atoms with Gasteiger partial charge in [0.2, 0.25) is 10.0 Å². The molecule has 8 heteroatoms. The maximum atomic E-state index is 12.3. The molecule has 0 fully saturated rings. The molecule has 0 radical (unpaired) electrons. The van der Waals surface area contributed by atoms with E-state index in [1.807, 2.05) is 6.92 Å². The number of ketones is 1. The summed E-state index contributed by atoms with van der Waals surface area (Å²) in [5, 5.41) is 8.66. The number of carbonyl (C=O) groups excluding carboxylic acids is 1. The van der Waals surface area contributed by atoms with Crippen molar-refractivity contribution in [1.82, 2.24) is 9.29 Å². The topological polar surface area (TPSA) is 105 Å². The van der Waals surface area contributed by atoms with E-state index < -0.39 is 16.0 Å². The van der Waals surface area contributed by atoms with Gasteiger partial charge in [-0.1, -0.05) is 17.7 Å². The van der Waals surface area contributed by atoms with Gasteiger partial charge in [-0.2, -0.15) is 0 Å². The minimum Gasteiger partial charge on any atom is -0.481 e. The van der Waals surface area contributed by atoms with Crippen molar-refractivity contribution in [2.75, 3.05) is 6.54 Å². The fourth-order valence-corrected chi connectivity index (χ4v) is 3.58. The molecule has 0 atom stereocenters. The molecule has 1 heterocycles. The Labute approximate surface area is 152 Å². The molecule has 0 spiro atoms. The minimum atomic E-state index is -3.58. The summed E-state index contributed by atoms with van der Waals surface area (Å²) >= 11 is 0. The summed E-state index contributed by atoms with van der Waals surface area (Å²) in [6.45, 7) is 2.07. The third-order valence-corrected chi connectivity index (χ3v) is 5.56. The van der Waals surface area contributed by atoms with Crippen molar-refractivity contribution in [3.63, 3.8) is 0 Å². The van der Waals surface area contributed by atoms with Crippen LogP contribution < -0.4 is 4.72 Å². The number of rotatable bonds is 9. The van der Waals surface area contributed by atoms with Crippen molar-refractivity contribution in [2.45, 2.75) is 31.1 Å². The summed E-state index contributed by atoms with van der Waals surface area (Å²) < 4.78 is 28.7. The molecule has 0 aliphatic rings. The Morgan fingerprint density at radius 2 is 1.73 bits per heavy atom. The molecular formula is C18H22N2O5S. The SMILES string of the molecule is Cc1ccc(S(=O)(=O)NCCc2ccc(C(=O)CCC(=O)O)n2C)cc1. The number of nitrogens with zero attached hydrogens (tertiary/aromatic N) is 1. The summed E-state index contributed by atoms with van der Waals surface area (Å²) in [4.78, 5) is 22.8. The molecule has 0 saturated carbocycles. The lowest BCUT2D eigenvalue weighted by atomic mass is 10.2. The zero-order valence-corrected chi connectivity index (χ0v) is 15.5. The van der Waals surface area contributed by atoms with Crippen LogP contribution in [0.15, 0.2) is 41.3 Å². The summed E-state index contributed by atoms with van der Waals surface area (Å²) in [7, 11) is -1.87. The average Bonchev–Trinajstić information content (AvgIpc) is 2.94. The molecule has 1 aromatic heterocycles. The highest BCUT2D eigenvalue weighted by Crippen LogP contribution is 2.13. The van der Waals surface area contributed by atoms with E-state index in [4.69, 9.17) is 5.11 Å². The number of sulfonamides is 1. The van der Waals surface area contributed by atoms with Crippen molar-refractivity contribution in [3.05, 3.63) is 53.3 Å². The van der Waals surface area contributed by atoms with Crippen LogP contribution in [-0.2, 0) is 28.3 Å². The van der Waals surface area contributed by atoms with E-state index >= 15 is 0 Å². The number of carbonyl (C=O) groups is 2. The van der Waals surface area contributed by atoms with Gasteiger partial charge in [0.05, 0.1) is 17.0 Å². The normalized spacial score (nSPS) is 11.5. The minimum absolute atomic E-state index is 0.0628. The van der Waals surface area contributed by atoms with Gasteiger partial charge in [-0.25, -0.2) is 13.1 Å². The van der Waals surface area contributed by atoms with Gasteiger partial charge in [0, 0.05) is 32.1 Å². The number of benzene rings is 1. The van der Waals surface area contributed by atoms with Gasteiger partial charge in [0.1, 0.15) is 0 Å². The fourth-order valence-electron chi connectivity index (χ4n) is 2.55. The molecule has 0 amide bonds. The molecule has 2 rings (SSSR count). The quantitative estimate of drug-likeness (QED) is 0.649. The molecule has 0 bridgehead atoms. The molecule has 0 unspecified atom stereocenters. The highest BCUT2D eigenvalue weighted by Gasteiger charge is 2.16. The Kier molecular flexibility index (Phi) is 6.33. The Morgan fingerprint density at radius 3 is 2.35 bits per heavy atom. The van der Waals surface area contributed by atoms with E-state index in [1.54, 1.807) is 48.0 Å². The van der Waals surface area contributed by atoms with Gasteiger partial charge in [-0.3, -0.25) is 9.59 Å². The van der Waals surface area contributed by atoms with Gasteiger partial charge in [0.25, 0.3) is 0 Å². The van der Waals surface area contributed by atoms with Crippen molar-refractivity contribution in [2.24, 2.45) is 7.05 Å². The zero-order chi connectivity index (χ0) is 19.3. The third-order valence-electron chi connectivity index (χ3n) is 4.08. The first-order valence-corrected chi connectivity index (χ1v) is 9.65. The van der Waals surface area contributed by atoms with Gasteiger partial charge in [-0.15, -0.1) is 0 Å². The number of hydrogen-bond donors (Lipinski definition) is 2. The summed E-state index contributed by atoms with van der Waals surface area (Å²) in [5.74, 6) is -1.26. The van der Waals surface area contributed by atoms with E-state index in [2.05, 4.69) is 4.72 Å². The second kappa shape index (κ2) is 8.29. The Balaban J connectivity index is 1.97. The van der Waals surface area contributed by atoms with Crippen LogP contribution in [0.3, 0.4) is 0 Å². The number of nitrogens with one attached hydrogen (secondary N) is 1. The standard InChI is InChI=1S/C18H22N2O5S/c1-13-3-6-15(7-4-13)26(24,25)19-12-11-14-5-8-16(20(14)2)17(21)9-10-18(22)23/h3-8,19H,9-12H2,1-2H3,(H,22,23). The molecule has 140 valence electrons. The number of aliphatic carboxylic acids is 1. The largest absolute Gasteiger partial charge is 0.481 e. The molecule has 0 aliphatic carbocycles. The first kappa shape index (κ1) is 19.9. The Bertz CT molecular complexity index is 898. The van der Waals surface area contributed by atoms with Gasteiger partial charge < -0.3 is 9.67 Å². The zero-order valence-electron chi connectivity index (χ0n) is 14.7. The summed E-state index contributed by atoms with van der Waals surface area (Å²) in [5.41, 5.74) is 2.19. The first-order valence-electron chi connectivity index (χ1n) is 8.16. The lowest BCUT2D eigenvalue weighted by molar-refractivity contribution is -0.136. The highest BCUT2D eigenvalue weighted by atomic mass is 32.2. The van der Waals surface area contributed by atoms with Crippen molar-refractivity contribution in [1.29, 1.82) is 0 Å². The molecule has 0 aliphatic heterocycles. The van der Waals surface area contributed by atoms with Crippen LogP contribution in [-0.4, -0.2) is 36.4 Å². The number of carboxylic acid groups (broad SMARTS) is 1. The predicted molar refractivity (Wildman–Crippen MR) is 96.7 cm³/mol. The molecular weight excluding hydrogens is 356 g/mol. The molecule has 2 aromatic rings. The first-order chi connectivity index (χ1) is 12.2. The summed E-state index contributed by atoms with van der Waals surface area (Å²) in [6, 6.07) is 9.96. The lowest BCUT2D eigenvalue weighted by Gasteiger charge is -2.09. The van der Waals surface area contributed by atoms with Crippen LogP contribution >= 0.6 is 0 Å². The molecule has 0 saturated heterocycles. The smallest absolute Gasteiger partial charge is 0.303 e. The van der Waals surface area contributed by atoms with Crippen LogP contribution in [0.25, 0.3) is 0 Å². The van der Waals surface area contributed by atoms with Gasteiger partial charge in [0.15, 0.2) is 5.78 Å². The third kappa shape index (κ3) is 5.03. The van der Waals surface area contributed by atoms with Crippen LogP contribution in [0.2, 0.25) is 0 Å². The van der Waals surface area contributed by atoms with Crippen molar-refractivity contribution >= 4 is 21.8 Å². The van der Waals surface area contributed by atoms with Gasteiger partial charge >= 0.3 is 5.97 Å². The second-order valence-corrected chi connectivity index (χ2v) is 7.81. The Morgan fingerprint density at radius 1 is 1.08 bits per heavy atom. The molecule has 2 N–H and O–H groups in total. The Hall–Kier alpha value is -2.45. The maximum Gasteiger partial charge on any atom is 0.303 e. The van der Waals surface area contributed by atoms with Crippen molar-refractivity contribution in [3.8, 4) is 0 Å². The second-order valence-electron chi connectivity index (χ2n) is 6.05. The van der Waals surface area contributed by atoms with E-state index in [0.29, 0.717) is 12.1 Å². The number of hydrogen-bond acceptors (Lipinski definition) is 4. The average molecular weight is 378 g/mol. The van der Waals surface area contributed by atoms with Crippen LogP contribution in [0.4, 0.5) is 0 Å². The van der Waals surface area contributed by atoms with Crippen LogP contribution in [0.1, 0.15) is 34.6 Å². The maximum absolute atomic E-state index is 12.3. The monoisotopic (exact) mass is 378 g/mol. The lowest BCUT2D eigenvalue weighted by Crippen LogP contribution is -2.26. The van der Waals surface area contributed by atoms with Gasteiger partial charge in [-0.05, 0) is 31.2 Å². The fraction of sp³-hybridized carbons (Fsp3) is 0.333. The molecule has 26 heavy (non-hydrogen) atoms. The highest BCUT2D eigenvalue weighted by molar-refractivity contribution is 7.89. The number of aromatic nitrogens is 1. The predicted octanol–water partition coefficient (Wildman–Crippen LogP) is 1.90. The van der Waals surface area contributed by atoms with E-state index in [1.165, 1.54) is 0 Å². The van der Waals surface area contributed by atoms with E-state index in [-0.39, 0.29) is 30.1 Å². The van der Waals surface area contributed by atoms with Crippen LogP contribution in [0.5, 0.6) is 0 Å². The van der Waals surface area contributed by atoms with E-state index in [9.17, 15) is 18.0 Å². The number of Topliss-reactive ketones (excluding diaryl/α,β-unsaturated/α-hetero) is 1. The van der Waals surface area contributed by atoms with Crippen LogP contribution in [0, 0.1) is 6.92 Å². The molecule has 1 aromatic carbocycles. The number of carboxylic acids is 1. The van der Waals surface area contributed by atoms with Crippen molar-refractivity contribution < 1.29 is 23.1 Å². The van der Waals surface area contributed by atoms with E-state index in [0.717, 1.165) is 11.3 Å². The molecule has 7 nitrogen and oxygen atoms in total. The number of aryl methyl sites for hydroxylation is 1. The summed E-state index contributed by atoms with van der Waals surface area (Å²) in [6.07, 6.45) is 0.135.